The fourth-order valence-corrected chi connectivity index (χ4v) is 2.61. The van der Waals surface area contributed by atoms with Crippen molar-refractivity contribution in [3.8, 4) is 17.2 Å². The average Bonchev–Trinajstić information content (AvgIpc) is 2.65. The SMILES string of the molecule is COc1cc(C=CC(F)(F)Cc2ccccc2C(=O)O)cc(OC)c1OC. The summed E-state index contributed by atoms with van der Waals surface area (Å²) in [7, 11) is 4.31. The van der Waals surface area contributed by atoms with Crippen molar-refractivity contribution in [3.05, 3.63) is 59.2 Å². The standard InChI is InChI=1S/C20H20F2O5/c1-25-16-10-13(11-17(26-2)18(16)27-3)8-9-20(21,22)12-14-6-4-5-7-15(14)19(23)24/h4-11H,12H2,1-3H3,(H,23,24). The maximum absolute atomic E-state index is 14.4. The first-order chi connectivity index (χ1) is 12.8. The summed E-state index contributed by atoms with van der Waals surface area (Å²) in [5.41, 5.74) is 0.346. The minimum absolute atomic E-state index is 0.0598. The van der Waals surface area contributed by atoms with E-state index in [1.54, 1.807) is 12.1 Å². The summed E-state index contributed by atoms with van der Waals surface area (Å²) in [6.45, 7) is 0. The van der Waals surface area contributed by atoms with Crippen molar-refractivity contribution < 1.29 is 32.9 Å². The molecule has 2 rings (SSSR count). The molecule has 0 aliphatic rings. The lowest BCUT2D eigenvalue weighted by Gasteiger charge is -2.15. The molecule has 0 aromatic heterocycles. The quantitative estimate of drug-likeness (QED) is 0.742. The molecule has 7 heteroatoms. The molecule has 1 N–H and O–H groups in total. The van der Waals surface area contributed by atoms with Crippen LogP contribution in [-0.4, -0.2) is 38.3 Å². The lowest BCUT2D eigenvalue weighted by molar-refractivity contribution is 0.0557. The molecule has 0 atom stereocenters. The highest BCUT2D eigenvalue weighted by Gasteiger charge is 2.28. The van der Waals surface area contributed by atoms with Gasteiger partial charge in [0.15, 0.2) is 11.5 Å². The van der Waals surface area contributed by atoms with Crippen molar-refractivity contribution in [2.75, 3.05) is 21.3 Å². The second-order valence-corrected chi connectivity index (χ2v) is 5.69. The third-order valence-electron chi connectivity index (χ3n) is 3.88. The first-order valence-electron chi connectivity index (χ1n) is 7.99. The van der Waals surface area contributed by atoms with Gasteiger partial charge in [-0.05, 0) is 35.4 Å². The molecular weight excluding hydrogens is 358 g/mol. The van der Waals surface area contributed by atoms with Crippen LogP contribution in [0.2, 0.25) is 0 Å². The van der Waals surface area contributed by atoms with E-state index in [1.165, 1.54) is 51.7 Å². The maximum Gasteiger partial charge on any atom is 0.335 e. The van der Waals surface area contributed by atoms with Crippen LogP contribution in [0.5, 0.6) is 17.2 Å². The molecule has 0 unspecified atom stereocenters. The predicted molar refractivity (Wildman–Crippen MR) is 97.2 cm³/mol. The minimum Gasteiger partial charge on any atom is -0.493 e. The molecule has 0 saturated carbocycles. The van der Waals surface area contributed by atoms with Crippen LogP contribution in [0.1, 0.15) is 21.5 Å². The molecule has 0 radical (unpaired) electrons. The molecule has 0 amide bonds. The Morgan fingerprint density at radius 3 is 2.19 bits per heavy atom. The first-order valence-corrected chi connectivity index (χ1v) is 7.99. The Kier molecular flexibility index (Phi) is 6.39. The second kappa shape index (κ2) is 8.53. The number of rotatable bonds is 8. The van der Waals surface area contributed by atoms with E-state index < -0.39 is 18.3 Å². The summed E-state index contributed by atoms with van der Waals surface area (Å²) < 4.78 is 44.4. The Balaban J connectivity index is 2.30. The predicted octanol–water partition coefficient (Wildman–Crippen LogP) is 4.30. The number of carbonyl (C=O) groups is 1. The highest BCUT2D eigenvalue weighted by Crippen LogP contribution is 2.38. The van der Waals surface area contributed by atoms with Crippen LogP contribution in [-0.2, 0) is 6.42 Å². The maximum atomic E-state index is 14.4. The Morgan fingerprint density at radius 1 is 1.07 bits per heavy atom. The lowest BCUT2D eigenvalue weighted by atomic mass is 10.0. The fraction of sp³-hybridized carbons (Fsp3) is 0.250. The van der Waals surface area contributed by atoms with Gasteiger partial charge in [-0.3, -0.25) is 0 Å². The molecule has 0 spiro atoms. The van der Waals surface area contributed by atoms with Gasteiger partial charge in [0, 0.05) is 6.42 Å². The summed E-state index contributed by atoms with van der Waals surface area (Å²) in [6.07, 6.45) is 1.23. The first kappa shape index (κ1) is 20.2. The highest BCUT2D eigenvalue weighted by molar-refractivity contribution is 5.89. The summed E-state index contributed by atoms with van der Waals surface area (Å²) in [4.78, 5) is 11.2. The van der Waals surface area contributed by atoms with Crippen molar-refractivity contribution in [2.45, 2.75) is 12.3 Å². The van der Waals surface area contributed by atoms with E-state index in [4.69, 9.17) is 19.3 Å². The van der Waals surface area contributed by atoms with Gasteiger partial charge in [0.05, 0.1) is 26.9 Å². The van der Waals surface area contributed by atoms with E-state index in [-0.39, 0.29) is 11.1 Å². The van der Waals surface area contributed by atoms with Crippen LogP contribution < -0.4 is 14.2 Å². The molecule has 2 aromatic rings. The Hall–Kier alpha value is -3.09. The van der Waals surface area contributed by atoms with Crippen LogP contribution in [0.3, 0.4) is 0 Å². The van der Waals surface area contributed by atoms with E-state index in [9.17, 15) is 13.6 Å². The van der Waals surface area contributed by atoms with Gasteiger partial charge in [-0.15, -0.1) is 0 Å². The van der Waals surface area contributed by atoms with Gasteiger partial charge in [-0.1, -0.05) is 24.3 Å². The summed E-state index contributed by atoms with van der Waals surface area (Å²) in [5.74, 6) is -3.44. The van der Waals surface area contributed by atoms with E-state index >= 15 is 0 Å². The zero-order valence-electron chi connectivity index (χ0n) is 15.2. The molecule has 0 fully saturated rings. The van der Waals surface area contributed by atoms with Gasteiger partial charge >= 0.3 is 5.97 Å². The van der Waals surface area contributed by atoms with E-state index in [0.717, 1.165) is 6.08 Å². The van der Waals surface area contributed by atoms with Gasteiger partial charge in [-0.25, -0.2) is 13.6 Å². The number of hydrogen-bond donors (Lipinski definition) is 1. The molecule has 144 valence electrons. The van der Waals surface area contributed by atoms with E-state index in [2.05, 4.69) is 0 Å². The molecule has 27 heavy (non-hydrogen) atoms. The number of alkyl halides is 2. The molecule has 0 bridgehead atoms. The number of benzene rings is 2. The third-order valence-corrected chi connectivity index (χ3v) is 3.88. The minimum atomic E-state index is -3.24. The van der Waals surface area contributed by atoms with Gasteiger partial charge in [0.25, 0.3) is 5.92 Å². The number of carboxylic acid groups (broad SMARTS) is 1. The van der Waals surface area contributed by atoms with E-state index in [1.807, 2.05) is 0 Å². The topological polar surface area (TPSA) is 65.0 Å². The van der Waals surface area contributed by atoms with Crippen LogP contribution in [0, 0.1) is 0 Å². The van der Waals surface area contributed by atoms with Crippen molar-refractivity contribution >= 4 is 12.0 Å². The largest absolute Gasteiger partial charge is 0.493 e. The van der Waals surface area contributed by atoms with Crippen molar-refractivity contribution in [1.29, 1.82) is 0 Å². The molecule has 0 heterocycles. The lowest BCUT2D eigenvalue weighted by Crippen LogP contribution is -2.18. The molecule has 0 aliphatic heterocycles. The zero-order chi connectivity index (χ0) is 20.0. The zero-order valence-corrected chi connectivity index (χ0v) is 15.2. The molecule has 5 nitrogen and oxygen atoms in total. The number of ether oxygens (including phenoxy) is 3. The molecular formula is C20H20F2O5. The summed E-state index contributed by atoms with van der Waals surface area (Å²) >= 11 is 0. The number of aromatic carboxylic acids is 1. The van der Waals surface area contributed by atoms with Gasteiger partial charge in [0.2, 0.25) is 5.75 Å². The third kappa shape index (κ3) is 4.97. The highest BCUT2D eigenvalue weighted by atomic mass is 19.3. The monoisotopic (exact) mass is 378 g/mol. The van der Waals surface area contributed by atoms with Gasteiger partial charge in [0.1, 0.15) is 0 Å². The molecule has 2 aromatic carbocycles. The average molecular weight is 378 g/mol. The Bertz CT molecular complexity index is 821. The van der Waals surface area contributed by atoms with Crippen LogP contribution in [0.15, 0.2) is 42.5 Å². The van der Waals surface area contributed by atoms with E-state index in [0.29, 0.717) is 22.8 Å². The summed E-state index contributed by atoms with van der Waals surface area (Å²) in [5, 5.41) is 9.13. The second-order valence-electron chi connectivity index (χ2n) is 5.69. The summed E-state index contributed by atoms with van der Waals surface area (Å²) in [6, 6.07) is 8.79. The van der Waals surface area contributed by atoms with Gasteiger partial charge < -0.3 is 19.3 Å². The number of methoxy groups -OCH3 is 3. The van der Waals surface area contributed by atoms with Crippen molar-refractivity contribution in [2.24, 2.45) is 0 Å². The fourth-order valence-electron chi connectivity index (χ4n) is 2.61. The number of carboxylic acids is 1. The number of allylic oxidation sites excluding steroid dienone is 1. The smallest absolute Gasteiger partial charge is 0.335 e. The van der Waals surface area contributed by atoms with Crippen molar-refractivity contribution in [3.63, 3.8) is 0 Å². The molecule has 0 aliphatic carbocycles. The van der Waals surface area contributed by atoms with Gasteiger partial charge in [-0.2, -0.15) is 0 Å². The number of halogens is 2. The van der Waals surface area contributed by atoms with Crippen LogP contribution in [0.4, 0.5) is 8.78 Å². The Labute approximate surface area is 155 Å². The normalized spacial score (nSPS) is 11.4. The van der Waals surface area contributed by atoms with Crippen LogP contribution in [0.25, 0.3) is 6.08 Å². The van der Waals surface area contributed by atoms with Crippen molar-refractivity contribution in [1.82, 2.24) is 0 Å². The molecule has 0 saturated heterocycles. The Morgan fingerprint density at radius 2 is 1.67 bits per heavy atom. The number of hydrogen-bond acceptors (Lipinski definition) is 4. The van der Waals surface area contributed by atoms with Crippen LogP contribution >= 0.6 is 0 Å².